The summed E-state index contributed by atoms with van der Waals surface area (Å²) in [6.07, 6.45) is 3.12. The molecule has 0 amide bonds. The maximum Gasteiger partial charge on any atom is 0.329 e. The Bertz CT molecular complexity index is 579. The summed E-state index contributed by atoms with van der Waals surface area (Å²) in [6.45, 7) is 5.89. The molecule has 0 bridgehead atoms. The lowest BCUT2D eigenvalue weighted by atomic mass is 9.92. The summed E-state index contributed by atoms with van der Waals surface area (Å²) in [7, 11) is 0. The Morgan fingerprint density at radius 3 is 2.44 bits per heavy atom. The third kappa shape index (κ3) is 1.62. The fourth-order valence-corrected chi connectivity index (χ4v) is 2.70. The fraction of sp³-hybridized carbons (Fsp3) is 0.400. The first-order valence-corrected chi connectivity index (χ1v) is 6.37. The van der Waals surface area contributed by atoms with Crippen LogP contribution in [0.25, 0.3) is 10.9 Å². The Morgan fingerprint density at radius 1 is 1.28 bits per heavy atom. The quantitative estimate of drug-likeness (QED) is 0.895. The van der Waals surface area contributed by atoms with Gasteiger partial charge in [-0.1, -0.05) is 32.0 Å². The Hall–Kier alpha value is -1.77. The summed E-state index contributed by atoms with van der Waals surface area (Å²) in [5, 5.41) is 10.8. The average Bonchev–Trinajstić information content (AvgIpc) is 2.70. The minimum absolute atomic E-state index is 0.580. The molecule has 0 aliphatic carbocycles. The summed E-state index contributed by atoms with van der Waals surface area (Å²) in [5.41, 5.74) is 1.28. The maximum absolute atomic E-state index is 11.7. The number of para-hydroxylation sites is 1. The van der Waals surface area contributed by atoms with E-state index in [0.717, 1.165) is 16.5 Å². The highest BCUT2D eigenvalue weighted by Gasteiger charge is 2.37. The highest BCUT2D eigenvalue weighted by molar-refractivity contribution is 5.87. The number of hydrogen-bond donors (Lipinski definition) is 1. The third-order valence-corrected chi connectivity index (χ3v) is 3.94. The average molecular weight is 245 g/mol. The van der Waals surface area contributed by atoms with Crippen LogP contribution in [0.2, 0.25) is 0 Å². The van der Waals surface area contributed by atoms with Gasteiger partial charge in [-0.15, -0.1) is 0 Å². The number of nitrogens with zero attached hydrogens (tertiary/aromatic N) is 1. The van der Waals surface area contributed by atoms with Crippen molar-refractivity contribution >= 4 is 16.9 Å². The molecule has 0 aliphatic rings. The van der Waals surface area contributed by atoms with Crippen molar-refractivity contribution in [2.45, 2.75) is 39.2 Å². The van der Waals surface area contributed by atoms with Crippen molar-refractivity contribution in [2.75, 3.05) is 0 Å². The minimum atomic E-state index is -0.839. The minimum Gasteiger partial charge on any atom is -0.479 e. The molecule has 0 radical (unpaired) electrons. The van der Waals surface area contributed by atoms with E-state index in [1.807, 2.05) is 55.8 Å². The van der Waals surface area contributed by atoms with E-state index in [1.54, 1.807) is 0 Å². The molecular formula is C15H19NO2. The maximum atomic E-state index is 11.7. The molecule has 3 nitrogen and oxygen atoms in total. The van der Waals surface area contributed by atoms with Crippen LogP contribution in [-0.2, 0) is 10.3 Å². The van der Waals surface area contributed by atoms with Crippen LogP contribution < -0.4 is 0 Å². The number of rotatable bonds is 4. The number of aromatic nitrogens is 1. The first-order valence-electron chi connectivity index (χ1n) is 6.37. The SMILES string of the molecule is CCC(CC)(C(=O)O)n1cc(C)c2ccccc21. The van der Waals surface area contributed by atoms with E-state index >= 15 is 0 Å². The number of hydrogen-bond acceptors (Lipinski definition) is 1. The molecule has 1 heterocycles. The predicted octanol–water partition coefficient (Wildman–Crippen LogP) is 3.55. The molecule has 96 valence electrons. The zero-order valence-electron chi connectivity index (χ0n) is 11.1. The molecule has 0 atom stereocenters. The van der Waals surface area contributed by atoms with Gasteiger partial charge < -0.3 is 9.67 Å². The zero-order chi connectivity index (χ0) is 13.3. The smallest absolute Gasteiger partial charge is 0.329 e. The van der Waals surface area contributed by atoms with Gasteiger partial charge in [0, 0.05) is 17.1 Å². The number of aryl methyl sites for hydroxylation is 1. The molecule has 1 N–H and O–H groups in total. The monoisotopic (exact) mass is 245 g/mol. The van der Waals surface area contributed by atoms with Gasteiger partial charge >= 0.3 is 5.97 Å². The molecule has 0 fully saturated rings. The van der Waals surface area contributed by atoms with Gasteiger partial charge in [0.2, 0.25) is 0 Å². The van der Waals surface area contributed by atoms with E-state index in [9.17, 15) is 9.90 Å². The van der Waals surface area contributed by atoms with Crippen LogP contribution in [0.4, 0.5) is 0 Å². The summed E-state index contributed by atoms with van der Waals surface area (Å²) in [6, 6.07) is 7.97. The lowest BCUT2D eigenvalue weighted by molar-refractivity contribution is -0.147. The van der Waals surface area contributed by atoms with E-state index in [1.165, 1.54) is 0 Å². The summed E-state index contributed by atoms with van der Waals surface area (Å²) in [5.74, 6) is -0.756. The van der Waals surface area contributed by atoms with Crippen LogP contribution in [0.3, 0.4) is 0 Å². The Balaban J connectivity index is 2.77. The molecule has 0 aliphatic heterocycles. The number of fused-ring (bicyclic) bond motifs is 1. The molecular weight excluding hydrogens is 226 g/mol. The van der Waals surface area contributed by atoms with Crippen molar-refractivity contribution in [2.24, 2.45) is 0 Å². The van der Waals surface area contributed by atoms with E-state index in [0.29, 0.717) is 12.8 Å². The lowest BCUT2D eigenvalue weighted by Crippen LogP contribution is -2.40. The van der Waals surface area contributed by atoms with Gasteiger partial charge in [-0.05, 0) is 31.4 Å². The van der Waals surface area contributed by atoms with Crippen LogP contribution in [0.5, 0.6) is 0 Å². The Labute approximate surface area is 107 Å². The first-order chi connectivity index (χ1) is 8.56. The number of aliphatic carboxylic acids is 1. The van der Waals surface area contributed by atoms with Crippen LogP contribution in [0.15, 0.2) is 30.5 Å². The van der Waals surface area contributed by atoms with E-state index in [4.69, 9.17) is 0 Å². The molecule has 1 aromatic heterocycles. The van der Waals surface area contributed by atoms with E-state index in [-0.39, 0.29) is 0 Å². The highest BCUT2D eigenvalue weighted by atomic mass is 16.4. The van der Waals surface area contributed by atoms with E-state index in [2.05, 4.69) is 0 Å². The number of carboxylic acid groups (broad SMARTS) is 1. The summed E-state index contributed by atoms with van der Waals surface area (Å²) >= 11 is 0. The lowest BCUT2D eigenvalue weighted by Gasteiger charge is -2.29. The normalized spacial score (nSPS) is 11.9. The van der Waals surface area contributed by atoms with Crippen molar-refractivity contribution in [1.82, 2.24) is 4.57 Å². The van der Waals surface area contributed by atoms with Gasteiger partial charge in [0.15, 0.2) is 0 Å². The number of carbonyl (C=O) groups is 1. The molecule has 2 aromatic rings. The van der Waals surface area contributed by atoms with Gasteiger partial charge in [-0.2, -0.15) is 0 Å². The second-order valence-corrected chi connectivity index (χ2v) is 4.74. The van der Waals surface area contributed by atoms with E-state index < -0.39 is 11.5 Å². The number of carboxylic acids is 1. The summed E-state index contributed by atoms with van der Waals surface area (Å²) in [4.78, 5) is 11.7. The second kappa shape index (κ2) is 4.48. The van der Waals surface area contributed by atoms with Crippen molar-refractivity contribution in [3.63, 3.8) is 0 Å². The molecule has 2 rings (SSSR count). The predicted molar refractivity (Wildman–Crippen MR) is 72.9 cm³/mol. The van der Waals surface area contributed by atoms with Gasteiger partial charge in [0.1, 0.15) is 5.54 Å². The Kier molecular flexibility index (Phi) is 3.16. The number of benzene rings is 1. The van der Waals surface area contributed by atoms with Crippen LogP contribution in [-0.4, -0.2) is 15.6 Å². The molecule has 1 aromatic carbocycles. The first kappa shape index (κ1) is 12.7. The zero-order valence-corrected chi connectivity index (χ0v) is 11.1. The molecule has 3 heteroatoms. The standard InChI is InChI=1S/C15H19NO2/c1-4-15(5-2,14(17)18)16-10-11(3)12-8-6-7-9-13(12)16/h6-10H,4-5H2,1-3H3,(H,17,18). The van der Waals surface area contributed by atoms with Gasteiger partial charge in [0.25, 0.3) is 0 Å². The topological polar surface area (TPSA) is 42.2 Å². The highest BCUT2D eigenvalue weighted by Crippen LogP contribution is 2.32. The largest absolute Gasteiger partial charge is 0.479 e. The molecule has 0 spiro atoms. The van der Waals surface area contributed by atoms with Crippen molar-refractivity contribution in [3.8, 4) is 0 Å². The summed E-state index contributed by atoms with van der Waals surface area (Å²) < 4.78 is 1.93. The third-order valence-electron chi connectivity index (χ3n) is 3.94. The molecule has 18 heavy (non-hydrogen) atoms. The van der Waals surface area contributed by atoms with Gasteiger partial charge in [0.05, 0.1) is 0 Å². The van der Waals surface area contributed by atoms with Gasteiger partial charge in [-0.3, -0.25) is 0 Å². The van der Waals surface area contributed by atoms with Crippen LogP contribution >= 0.6 is 0 Å². The van der Waals surface area contributed by atoms with Crippen molar-refractivity contribution in [1.29, 1.82) is 0 Å². The van der Waals surface area contributed by atoms with Gasteiger partial charge in [-0.25, -0.2) is 4.79 Å². The second-order valence-electron chi connectivity index (χ2n) is 4.74. The van der Waals surface area contributed by atoms with Crippen molar-refractivity contribution in [3.05, 3.63) is 36.0 Å². The van der Waals surface area contributed by atoms with Crippen LogP contribution in [0.1, 0.15) is 32.3 Å². The van der Waals surface area contributed by atoms with Crippen LogP contribution in [0, 0.1) is 6.92 Å². The molecule has 0 saturated heterocycles. The Morgan fingerprint density at radius 2 is 1.89 bits per heavy atom. The molecule has 0 saturated carbocycles. The van der Waals surface area contributed by atoms with Crippen molar-refractivity contribution < 1.29 is 9.90 Å². The molecule has 0 unspecified atom stereocenters. The fourth-order valence-electron chi connectivity index (χ4n) is 2.70.